The topological polar surface area (TPSA) is 87.3 Å². The van der Waals surface area contributed by atoms with Gasteiger partial charge in [-0.1, -0.05) is 18.2 Å². The Bertz CT molecular complexity index is 870. The minimum Gasteiger partial charge on any atom is -0.493 e. The van der Waals surface area contributed by atoms with Crippen molar-refractivity contribution in [2.24, 2.45) is 16.6 Å². The minimum atomic E-state index is 0. The van der Waals surface area contributed by atoms with Gasteiger partial charge in [0.05, 0.1) is 34.0 Å². The largest absolute Gasteiger partial charge is 0.493 e. The van der Waals surface area contributed by atoms with Crippen LogP contribution in [0.4, 0.5) is 0 Å². The number of nitrogens with two attached hydrogens (primary N) is 1. The molecular weight excluding hydrogens is 509 g/mol. The fourth-order valence-corrected chi connectivity index (χ4v) is 3.26. The Labute approximate surface area is 201 Å². The fourth-order valence-electron chi connectivity index (χ4n) is 3.26. The van der Waals surface area contributed by atoms with Gasteiger partial charge < -0.3 is 30.0 Å². The van der Waals surface area contributed by atoms with Crippen LogP contribution in [0.25, 0.3) is 0 Å². The molecule has 0 saturated carbocycles. The van der Waals surface area contributed by atoms with Gasteiger partial charge in [0, 0.05) is 24.6 Å². The van der Waals surface area contributed by atoms with Crippen molar-refractivity contribution in [3.63, 3.8) is 0 Å². The van der Waals surface area contributed by atoms with Gasteiger partial charge in [-0.25, -0.2) is 4.99 Å². The molecule has 1 saturated heterocycles. The molecule has 31 heavy (non-hydrogen) atoms. The third-order valence-electron chi connectivity index (χ3n) is 5.06. The van der Waals surface area contributed by atoms with E-state index in [-0.39, 0.29) is 24.0 Å². The van der Waals surface area contributed by atoms with Gasteiger partial charge >= 0.3 is 0 Å². The normalized spacial score (nSPS) is 15.8. The van der Waals surface area contributed by atoms with Crippen LogP contribution in [-0.4, -0.2) is 40.0 Å². The summed E-state index contributed by atoms with van der Waals surface area (Å²) in [6, 6.07) is 11.9. The third kappa shape index (κ3) is 7.46. The monoisotopic (exact) mass is 541 g/mol. The first kappa shape index (κ1) is 25.1. The van der Waals surface area contributed by atoms with Crippen LogP contribution < -0.4 is 25.3 Å². The molecule has 1 fully saturated rings. The van der Waals surface area contributed by atoms with Crippen LogP contribution in [0.3, 0.4) is 0 Å². The van der Waals surface area contributed by atoms with Gasteiger partial charge in [-0.2, -0.15) is 0 Å². The SMILES string of the molecule is COc1ccc(CN=C(N)NCc2ccc(C)cc2OCC2CCOC2)cc1OC.I. The quantitative estimate of drug-likeness (QED) is 0.287. The highest BCUT2D eigenvalue weighted by Gasteiger charge is 2.17. The lowest BCUT2D eigenvalue weighted by Crippen LogP contribution is -2.31. The molecule has 170 valence electrons. The molecule has 0 aromatic heterocycles. The molecule has 0 bridgehead atoms. The molecule has 0 spiro atoms. The van der Waals surface area contributed by atoms with Crippen molar-refractivity contribution in [1.82, 2.24) is 5.32 Å². The summed E-state index contributed by atoms with van der Waals surface area (Å²) in [7, 11) is 3.23. The molecule has 8 heteroatoms. The number of rotatable bonds is 9. The van der Waals surface area contributed by atoms with E-state index in [0.29, 0.717) is 43.1 Å². The van der Waals surface area contributed by atoms with E-state index >= 15 is 0 Å². The molecule has 0 aliphatic carbocycles. The Morgan fingerprint density at radius 2 is 1.94 bits per heavy atom. The first-order valence-electron chi connectivity index (χ1n) is 10.1. The summed E-state index contributed by atoms with van der Waals surface area (Å²) >= 11 is 0. The van der Waals surface area contributed by atoms with Gasteiger partial charge in [0.2, 0.25) is 0 Å². The van der Waals surface area contributed by atoms with Crippen molar-refractivity contribution < 1.29 is 18.9 Å². The smallest absolute Gasteiger partial charge is 0.189 e. The summed E-state index contributed by atoms with van der Waals surface area (Å²) in [6.45, 7) is 5.30. The first-order chi connectivity index (χ1) is 14.6. The summed E-state index contributed by atoms with van der Waals surface area (Å²) in [5.41, 5.74) is 9.26. The van der Waals surface area contributed by atoms with Crippen molar-refractivity contribution in [2.75, 3.05) is 34.0 Å². The molecule has 1 aliphatic heterocycles. The number of nitrogens with one attached hydrogen (secondary N) is 1. The van der Waals surface area contributed by atoms with E-state index in [2.05, 4.69) is 35.4 Å². The molecule has 0 radical (unpaired) electrons. The summed E-state index contributed by atoms with van der Waals surface area (Å²) in [5, 5.41) is 3.18. The van der Waals surface area contributed by atoms with E-state index in [4.69, 9.17) is 24.7 Å². The summed E-state index contributed by atoms with van der Waals surface area (Å²) < 4.78 is 22.1. The highest BCUT2D eigenvalue weighted by molar-refractivity contribution is 14.0. The number of benzene rings is 2. The van der Waals surface area contributed by atoms with Gasteiger partial charge in [-0.15, -0.1) is 24.0 Å². The number of halogens is 1. The van der Waals surface area contributed by atoms with Gasteiger partial charge in [0.1, 0.15) is 5.75 Å². The van der Waals surface area contributed by atoms with Crippen LogP contribution in [0, 0.1) is 12.8 Å². The third-order valence-corrected chi connectivity index (χ3v) is 5.06. The van der Waals surface area contributed by atoms with Crippen LogP contribution in [0.5, 0.6) is 17.2 Å². The molecular formula is C23H32IN3O4. The number of aryl methyl sites for hydroxylation is 1. The molecule has 1 aliphatic rings. The lowest BCUT2D eigenvalue weighted by Gasteiger charge is -2.15. The van der Waals surface area contributed by atoms with Crippen molar-refractivity contribution in [2.45, 2.75) is 26.4 Å². The van der Waals surface area contributed by atoms with Gasteiger partial charge in [0.25, 0.3) is 0 Å². The van der Waals surface area contributed by atoms with Gasteiger partial charge in [-0.05, 0) is 42.7 Å². The van der Waals surface area contributed by atoms with E-state index in [1.165, 1.54) is 0 Å². The zero-order chi connectivity index (χ0) is 21.3. The maximum Gasteiger partial charge on any atom is 0.189 e. The van der Waals surface area contributed by atoms with E-state index in [1.54, 1.807) is 14.2 Å². The average molecular weight is 541 g/mol. The summed E-state index contributed by atoms with van der Waals surface area (Å²) in [4.78, 5) is 4.43. The molecule has 0 amide bonds. The molecule has 7 nitrogen and oxygen atoms in total. The Balaban J connectivity index is 0.00000341. The van der Waals surface area contributed by atoms with Crippen molar-refractivity contribution in [1.29, 1.82) is 0 Å². The molecule has 1 heterocycles. The molecule has 1 atom stereocenters. The number of hydrogen-bond acceptors (Lipinski definition) is 5. The Kier molecular flexibility index (Phi) is 10.2. The molecule has 3 N–H and O–H groups in total. The Morgan fingerprint density at radius 1 is 1.13 bits per heavy atom. The summed E-state index contributed by atoms with van der Waals surface area (Å²) in [6.07, 6.45) is 1.05. The number of guanidine groups is 1. The molecule has 3 rings (SSSR count). The van der Waals surface area contributed by atoms with E-state index in [0.717, 1.165) is 42.1 Å². The van der Waals surface area contributed by atoms with E-state index in [1.807, 2.05) is 18.2 Å². The van der Waals surface area contributed by atoms with E-state index < -0.39 is 0 Å². The van der Waals surface area contributed by atoms with Crippen LogP contribution in [-0.2, 0) is 17.8 Å². The zero-order valence-electron chi connectivity index (χ0n) is 18.3. The second-order valence-electron chi connectivity index (χ2n) is 7.40. The number of methoxy groups -OCH3 is 2. The Hall–Kier alpha value is -2.20. The molecule has 2 aromatic carbocycles. The number of hydrogen-bond donors (Lipinski definition) is 2. The van der Waals surface area contributed by atoms with Crippen LogP contribution in [0.2, 0.25) is 0 Å². The number of nitrogens with zero attached hydrogens (tertiary/aromatic N) is 1. The van der Waals surface area contributed by atoms with Crippen LogP contribution in [0.1, 0.15) is 23.1 Å². The van der Waals surface area contributed by atoms with Crippen LogP contribution >= 0.6 is 24.0 Å². The average Bonchev–Trinajstić information content (AvgIpc) is 3.29. The minimum absolute atomic E-state index is 0. The maximum atomic E-state index is 6.08. The van der Waals surface area contributed by atoms with E-state index in [9.17, 15) is 0 Å². The fraction of sp³-hybridized carbons (Fsp3) is 0.435. The second kappa shape index (κ2) is 12.6. The van der Waals surface area contributed by atoms with Crippen LogP contribution in [0.15, 0.2) is 41.4 Å². The lowest BCUT2D eigenvalue weighted by atomic mass is 10.1. The predicted molar refractivity (Wildman–Crippen MR) is 133 cm³/mol. The standard InChI is InChI=1S/C23H31N3O4.HI/c1-16-4-6-19(21(10-16)30-15-18-8-9-29-14-18)13-26-23(24)25-12-17-5-7-20(27-2)22(11-17)28-3;/h4-7,10-11,18H,8-9,12-15H2,1-3H3,(H3,24,25,26);1H. The maximum absolute atomic E-state index is 6.08. The van der Waals surface area contributed by atoms with Crippen molar-refractivity contribution in [3.05, 3.63) is 53.1 Å². The lowest BCUT2D eigenvalue weighted by molar-refractivity contribution is 0.166. The zero-order valence-corrected chi connectivity index (χ0v) is 20.7. The number of ether oxygens (including phenoxy) is 4. The van der Waals surface area contributed by atoms with Gasteiger partial charge in [-0.3, -0.25) is 0 Å². The predicted octanol–water partition coefficient (Wildman–Crippen LogP) is 3.65. The molecule has 1 unspecified atom stereocenters. The number of aliphatic imine (C=N–C) groups is 1. The molecule has 2 aromatic rings. The second-order valence-corrected chi connectivity index (χ2v) is 7.40. The van der Waals surface area contributed by atoms with Gasteiger partial charge in [0.15, 0.2) is 17.5 Å². The summed E-state index contributed by atoms with van der Waals surface area (Å²) in [5.74, 6) is 3.07. The van der Waals surface area contributed by atoms with Crippen molar-refractivity contribution in [3.8, 4) is 17.2 Å². The highest BCUT2D eigenvalue weighted by atomic mass is 127. The first-order valence-corrected chi connectivity index (χ1v) is 10.1. The van der Waals surface area contributed by atoms with Crippen molar-refractivity contribution >= 4 is 29.9 Å². The Morgan fingerprint density at radius 3 is 2.65 bits per heavy atom. The highest BCUT2D eigenvalue weighted by Crippen LogP contribution is 2.27.